The van der Waals surface area contributed by atoms with Gasteiger partial charge in [-0.15, -0.1) is 5.10 Å². The number of amides is 2. The molecule has 1 aliphatic rings. The lowest BCUT2D eigenvalue weighted by Crippen LogP contribution is -2.31. The van der Waals surface area contributed by atoms with Crippen LogP contribution in [0.2, 0.25) is 0 Å². The molecular weight excluding hydrogens is 739 g/mol. The van der Waals surface area contributed by atoms with Crippen molar-refractivity contribution in [3.8, 4) is 16.8 Å². The molecule has 57 heavy (non-hydrogen) atoms. The van der Waals surface area contributed by atoms with Crippen LogP contribution < -0.4 is 16.4 Å². The Labute approximate surface area is 335 Å². The number of aliphatic hydroxyl groups is 1. The van der Waals surface area contributed by atoms with Gasteiger partial charge in [-0.1, -0.05) is 115 Å². The van der Waals surface area contributed by atoms with Crippen molar-refractivity contribution >= 4 is 35.0 Å². The number of nitrogens with two attached hydrogens (primary N) is 1. The Morgan fingerprint density at radius 3 is 2.28 bits per heavy atom. The number of benzene rings is 5. The number of carbonyl (C=O) groups excluding carboxylic acids is 2. The van der Waals surface area contributed by atoms with Gasteiger partial charge in [-0.3, -0.25) is 9.59 Å². The molecule has 5 N–H and O–H groups in total. The first-order chi connectivity index (χ1) is 27.9. The number of para-hydroxylation sites is 3. The molecule has 2 heterocycles. The summed E-state index contributed by atoms with van der Waals surface area (Å²) in [5, 5.41) is 28.5. The summed E-state index contributed by atoms with van der Waals surface area (Å²) in [7, 11) is 0. The number of nitrogens with zero attached hydrogens (tertiary/aromatic N) is 4. The zero-order chi connectivity index (χ0) is 39.4. The fourth-order valence-electron chi connectivity index (χ4n) is 6.64. The number of aliphatic hydroxyl groups excluding tert-OH is 1. The van der Waals surface area contributed by atoms with Gasteiger partial charge in [0, 0.05) is 37.1 Å². The number of hydrogen-bond donors (Lipinski definition) is 4. The van der Waals surface area contributed by atoms with Crippen molar-refractivity contribution in [1.82, 2.24) is 25.5 Å². The van der Waals surface area contributed by atoms with Crippen molar-refractivity contribution in [2.75, 3.05) is 16.8 Å². The van der Waals surface area contributed by atoms with Crippen LogP contribution in [0.4, 0.5) is 11.4 Å². The molecule has 292 valence electrons. The first-order valence-electron chi connectivity index (χ1n) is 19.0. The number of thioether (sulfide) groups is 1. The van der Waals surface area contributed by atoms with Gasteiger partial charge in [0.15, 0.2) is 6.29 Å². The maximum atomic E-state index is 12.8. The van der Waals surface area contributed by atoms with Crippen LogP contribution in [0.25, 0.3) is 16.8 Å². The third-order valence-corrected chi connectivity index (χ3v) is 10.8. The van der Waals surface area contributed by atoms with Crippen molar-refractivity contribution in [2.24, 2.45) is 0 Å². The molecule has 13 heteroatoms. The minimum absolute atomic E-state index is 0.0250. The van der Waals surface area contributed by atoms with E-state index in [0.717, 1.165) is 39.1 Å². The third-order valence-electron chi connectivity index (χ3n) is 9.73. The van der Waals surface area contributed by atoms with Crippen LogP contribution in [-0.2, 0) is 32.2 Å². The highest BCUT2D eigenvalue weighted by Crippen LogP contribution is 2.40. The maximum Gasteiger partial charge on any atom is 0.224 e. The summed E-state index contributed by atoms with van der Waals surface area (Å²) < 4.78 is 14.9. The molecule has 12 nitrogen and oxygen atoms in total. The van der Waals surface area contributed by atoms with E-state index in [-0.39, 0.29) is 30.6 Å². The van der Waals surface area contributed by atoms with Gasteiger partial charge in [0.25, 0.3) is 0 Å². The Hall–Kier alpha value is -5.86. The number of anilines is 2. The highest BCUT2D eigenvalue weighted by Gasteiger charge is 2.33. The van der Waals surface area contributed by atoms with Gasteiger partial charge in [-0.2, -0.15) is 4.68 Å². The summed E-state index contributed by atoms with van der Waals surface area (Å²) in [6.45, 7) is 0.353. The largest absolute Gasteiger partial charge is 0.397 e. The normalized spacial score (nSPS) is 16.5. The lowest BCUT2D eigenvalue weighted by atomic mass is 9.97. The molecule has 5 aromatic carbocycles. The smallest absolute Gasteiger partial charge is 0.224 e. The molecule has 1 aliphatic heterocycles. The number of nitrogen functional groups attached to an aromatic ring is 1. The monoisotopic (exact) mass is 783 g/mol. The summed E-state index contributed by atoms with van der Waals surface area (Å²) in [5.74, 6) is 0.416. The lowest BCUT2D eigenvalue weighted by Gasteiger charge is -2.36. The van der Waals surface area contributed by atoms with Gasteiger partial charge in [-0.25, -0.2) is 0 Å². The van der Waals surface area contributed by atoms with E-state index in [1.165, 1.54) is 11.8 Å². The number of nitrogens with one attached hydrogen (secondary N) is 2. The highest BCUT2D eigenvalue weighted by atomic mass is 32.2. The zero-order valence-electron chi connectivity index (χ0n) is 31.4. The van der Waals surface area contributed by atoms with E-state index >= 15 is 0 Å². The second kappa shape index (κ2) is 19.3. The zero-order valence-corrected chi connectivity index (χ0v) is 32.2. The molecule has 3 atom stereocenters. The Morgan fingerprint density at radius 2 is 1.51 bits per heavy atom. The molecule has 0 saturated carbocycles. The van der Waals surface area contributed by atoms with Crippen molar-refractivity contribution in [2.45, 2.75) is 68.9 Å². The summed E-state index contributed by atoms with van der Waals surface area (Å²) in [6, 6.07) is 40.9. The van der Waals surface area contributed by atoms with E-state index in [9.17, 15) is 14.7 Å². The van der Waals surface area contributed by atoms with Crippen molar-refractivity contribution in [3.05, 3.63) is 150 Å². The number of tetrazole rings is 1. The molecule has 1 aromatic heterocycles. The fourth-order valence-corrected chi connectivity index (χ4v) is 7.55. The summed E-state index contributed by atoms with van der Waals surface area (Å²) >= 11 is 1.53. The Balaban J connectivity index is 0.970. The second-order valence-corrected chi connectivity index (χ2v) is 14.8. The summed E-state index contributed by atoms with van der Waals surface area (Å²) in [4.78, 5) is 25.1. The minimum Gasteiger partial charge on any atom is -0.397 e. The maximum absolute atomic E-state index is 12.8. The number of carbonyl (C=O) groups is 2. The van der Waals surface area contributed by atoms with Crippen LogP contribution in [0.1, 0.15) is 66.8 Å². The van der Waals surface area contributed by atoms with Gasteiger partial charge in [0.05, 0.1) is 35.9 Å². The molecule has 0 bridgehead atoms. The topological polar surface area (TPSA) is 167 Å². The lowest BCUT2D eigenvalue weighted by molar-refractivity contribution is -0.245. The van der Waals surface area contributed by atoms with Crippen LogP contribution >= 0.6 is 11.8 Å². The number of aromatic nitrogens is 4. The molecule has 0 radical (unpaired) electrons. The number of ether oxygens (including phenoxy) is 2. The van der Waals surface area contributed by atoms with Gasteiger partial charge >= 0.3 is 0 Å². The fraction of sp³-hybridized carbons (Fsp3) is 0.250. The Morgan fingerprint density at radius 1 is 0.807 bits per heavy atom. The van der Waals surface area contributed by atoms with Crippen LogP contribution in [-0.4, -0.2) is 49.0 Å². The van der Waals surface area contributed by atoms with Crippen LogP contribution in [0.15, 0.2) is 133 Å². The molecule has 0 aliphatic carbocycles. The standard InChI is InChI=1S/C44H45N7O5S/c45-38-14-6-7-15-39(38)47-42(54)17-9-8-16-41(53)46-27-34-10-4-5-13-37(34)31-22-24-33(25-23-31)43-55-36(26-40(56-43)32-20-18-30(28-52)19-21-32)29-57-44-48-49-50-51(44)35-11-2-1-3-12-35/h1-7,10-15,18-25,36,40,43,52H,8-9,16-17,26-29,45H2,(H,46,53)(H,47,54)/t36-,40+,43+/m1/s1. The molecular formula is C44H45N7O5S. The summed E-state index contributed by atoms with van der Waals surface area (Å²) in [5.41, 5.74) is 13.6. The van der Waals surface area contributed by atoms with E-state index in [2.05, 4.69) is 26.2 Å². The van der Waals surface area contributed by atoms with E-state index in [1.54, 1.807) is 16.8 Å². The first-order valence-corrected chi connectivity index (χ1v) is 20.0. The van der Waals surface area contributed by atoms with Crippen molar-refractivity contribution in [3.63, 3.8) is 0 Å². The third kappa shape index (κ3) is 10.5. The van der Waals surface area contributed by atoms with Crippen molar-refractivity contribution < 1.29 is 24.2 Å². The molecule has 7 rings (SSSR count). The van der Waals surface area contributed by atoms with E-state index in [0.29, 0.717) is 60.9 Å². The van der Waals surface area contributed by atoms with Gasteiger partial charge in [0.2, 0.25) is 17.0 Å². The number of unbranched alkanes of at least 4 members (excludes halogenated alkanes) is 1. The number of hydrogen-bond acceptors (Lipinski definition) is 10. The second-order valence-electron chi connectivity index (χ2n) is 13.8. The minimum atomic E-state index is -0.622. The molecule has 0 spiro atoms. The predicted octanol–water partition coefficient (Wildman–Crippen LogP) is 7.56. The number of rotatable bonds is 16. The molecule has 6 aromatic rings. The molecule has 1 saturated heterocycles. The van der Waals surface area contributed by atoms with E-state index in [4.69, 9.17) is 15.2 Å². The average molecular weight is 784 g/mol. The highest BCUT2D eigenvalue weighted by molar-refractivity contribution is 7.99. The average Bonchev–Trinajstić information content (AvgIpc) is 3.74. The quantitative estimate of drug-likeness (QED) is 0.0437. The van der Waals surface area contributed by atoms with Crippen LogP contribution in [0, 0.1) is 0 Å². The van der Waals surface area contributed by atoms with E-state index < -0.39 is 6.29 Å². The van der Waals surface area contributed by atoms with Crippen molar-refractivity contribution in [1.29, 1.82) is 0 Å². The molecule has 2 amide bonds. The Kier molecular flexibility index (Phi) is 13.4. The van der Waals surface area contributed by atoms with Gasteiger partial charge in [0.1, 0.15) is 0 Å². The summed E-state index contributed by atoms with van der Waals surface area (Å²) in [6.07, 6.45) is 1.43. The molecule has 1 fully saturated rings. The van der Waals surface area contributed by atoms with Gasteiger partial charge < -0.3 is 30.9 Å². The Bertz CT molecular complexity index is 2230. The SMILES string of the molecule is Nc1ccccc1NC(=O)CCCCC(=O)NCc1ccccc1-c1ccc([C@H]2O[C@@H](CSc3nnnn3-c3ccccc3)C[C@@H](c3ccc(CO)cc3)O2)cc1. The predicted molar refractivity (Wildman–Crippen MR) is 220 cm³/mol. The van der Waals surface area contributed by atoms with Crippen LogP contribution in [0.3, 0.4) is 0 Å². The first kappa shape index (κ1) is 39.4. The van der Waals surface area contributed by atoms with Crippen LogP contribution in [0.5, 0.6) is 0 Å². The van der Waals surface area contributed by atoms with E-state index in [1.807, 2.05) is 115 Å². The molecule has 0 unspecified atom stereocenters. The van der Waals surface area contributed by atoms with Gasteiger partial charge in [-0.05, 0) is 75.4 Å².